The average molecular weight is 560 g/mol. The van der Waals surface area contributed by atoms with E-state index in [9.17, 15) is 14.4 Å². The SMILES string of the molecule is COc1cc2c(cc1OC)CN(C(=O)C1CCCN(c3cccc4c3C(=O)N(C(C)c3cccs3)C4=O)C1)CC2. The first-order chi connectivity index (χ1) is 19.4. The highest BCUT2D eigenvalue weighted by atomic mass is 32.1. The summed E-state index contributed by atoms with van der Waals surface area (Å²) in [5.74, 6) is 0.802. The molecule has 0 spiro atoms. The molecule has 6 rings (SSSR count). The number of carbonyl (C=O) groups is 3. The number of benzene rings is 2. The summed E-state index contributed by atoms with van der Waals surface area (Å²) in [7, 11) is 3.25. The van der Waals surface area contributed by atoms with Crippen LogP contribution in [0.3, 0.4) is 0 Å². The molecular weight excluding hydrogens is 526 g/mol. The number of thiophene rings is 1. The number of carbonyl (C=O) groups excluding carboxylic acids is 3. The second kappa shape index (κ2) is 10.6. The molecule has 3 aliphatic heterocycles. The molecule has 2 unspecified atom stereocenters. The number of imide groups is 1. The fourth-order valence-corrected chi connectivity index (χ4v) is 7.06. The van der Waals surface area contributed by atoms with Crippen molar-refractivity contribution in [2.75, 3.05) is 38.8 Å². The van der Waals surface area contributed by atoms with Crippen LogP contribution < -0.4 is 14.4 Å². The molecule has 8 nitrogen and oxygen atoms in total. The molecule has 208 valence electrons. The van der Waals surface area contributed by atoms with Gasteiger partial charge < -0.3 is 19.3 Å². The fourth-order valence-electron chi connectivity index (χ4n) is 6.28. The van der Waals surface area contributed by atoms with Crippen LogP contribution in [0.4, 0.5) is 5.69 Å². The van der Waals surface area contributed by atoms with Crippen molar-refractivity contribution in [1.29, 1.82) is 0 Å². The lowest BCUT2D eigenvalue weighted by Crippen LogP contribution is -2.46. The molecule has 2 aromatic carbocycles. The summed E-state index contributed by atoms with van der Waals surface area (Å²) in [5.41, 5.74) is 3.90. The van der Waals surface area contributed by atoms with E-state index in [0.717, 1.165) is 41.9 Å². The number of ether oxygens (including phenoxy) is 2. The number of fused-ring (bicyclic) bond motifs is 2. The van der Waals surface area contributed by atoms with E-state index in [4.69, 9.17) is 9.47 Å². The second-order valence-corrected chi connectivity index (χ2v) is 11.6. The molecule has 3 amide bonds. The molecule has 9 heteroatoms. The van der Waals surface area contributed by atoms with Crippen LogP contribution in [-0.2, 0) is 17.8 Å². The van der Waals surface area contributed by atoms with E-state index in [0.29, 0.717) is 42.3 Å². The van der Waals surface area contributed by atoms with Crippen LogP contribution in [0.5, 0.6) is 11.5 Å². The summed E-state index contributed by atoms with van der Waals surface area (Å²) in [6.07, 6.45) is 2.40. The van der Waals surface area contributed by atoms with Crippen molar-refractivity contribution in [2.45, 2.75) is 38.8 Å². The zero-order valence-corrected chi connectivity index (χ0v) is 23.8. The third-order valence-electron chi connectivity index (χ3n) is 8.41. The van der Waals surface area contributed by atoms with Gasteiger partial charge in [-0.1, -0.05) is 12.1 Å². The number of amides is 3. The van der Waals surface area contributed by atoms with Crippen molar-refractivity contribution in [3.8, 4) is 11.5 Å². The van der Waals surface area contributed by atoms with Gasteiger partial charge in [-0.15, -0.1) is 11.3 Å². The monoisotopic (exact) mass is 559 g/mol. The van der Waals surface area contributed by atoms with E-state index in [1.165, 1.54) is 21.8 Å². The standard InChI is InChI=1S/C31H33N3O5S/c1-19(27-10-6-14-40-27)34-30(36)23-8-4-9-24(28(23)31(34)37)32-12-5-7-21(17-32)29(35)33-13-11-20-15-25(38-2)26(39-3)16-22(20)18-33/h4,6,8-10,14-16,19,21H,5,7,11-13,17-18H2,1-3H3. The third kappa shape index (κ3) is 4.42. The Morgan fingerprint density at radius 2 is 1.77 bits per heavy atom. The molecule has 0 radical (unpaired) electrons. The lowest BCUT2D eigenvalue weighted by Gasteiger charge is -2.38. The van der Waals surface area contributed by atoms with Crippen LogP contribution in [0.2, 0.25) is 0 Å². The van der Waals surface area contributed by atoms with Gasteiger partial charge in [-0.3, -0.25) is 19.3 Å². The average Bonchev–Trinajstić information content (AvgIpc) is 3.62. The van der Waals surface area contributed by atoms with Crippen LogP contribution in [-0.4, -0.2) is 61.4 Å². The van der Waals surface area contributed by atoms with Crippen LogP contribution in [0.25, 0.3) is 0 Å². The predicted octanol–water partition coefficient (Wildman–Crippen LogP) is 4.92. The molecule has 1 fully saturated rings. The third-order valence-corrected chi connectivity index (χ3v) is 9.45. The molecule has 3 aliphatic rings. The van der Waals surface area contributed by atoms with Crippen molar-refractivity contribution in [2.24, 2.45) is 5.92 Å². The predicted molar refractivity (Wildman–Crippen MR) is 153 cm³/mol. The summed E-state index contributed by atoms with van der Waals surface area (Å²) < 4.78 is 10.9. The van der Waals surface area contributed by atoms with E-state index < -0.39 is 0 Å². The summed E-state index contributed by atoms with van der Waals surface area (Å²) in [6, 6.07) is 13.0. The quantitative estimate of drug-likeness (QED) is 0.399. The Bertz CT molecular complexity index is 1470. The van der Waals surface area contributed by atoms with E-state index in [1.54, 1.807) is 20.3 Å². The number of anilines is 1. The number of rotatable bonds is 6. The Hall–Kier alpha value is -3.85. The highest BCUT2D eigenvalue weighted by Crippen LogP contribution is 2.39. The molecule has 4 heterocycles. The van der Waals surface area contributed by atoms with Gasteiger partial charge in [0.25, 0.3) is 11.8 Å². The first-order valence-electron chi connectivity index (χ1n) is 13.7. The molecule has 40 heavy (non-hydrogen) atoms. The van der Waals surface area contributed by atoms with E-state index in [2.05, 4.69) is 4.90 Å². The first-order valence-corrected chi connectivity index (χ1v) is 14.6. The first kappa shape index (κ1) is 26.4. The normalized spacial score (nSPS) is 19.4. The van der Waals surface area contributed by atoms with Crippen LogP contribution >= 0.6 is 11.3 Å². The van der Waals surface area contributed by atoms with Crippen LogP contribution in [0.15, 0.2) is 47.8 Å². The van der Waals surface area contributed by atoms with Gasteiger partial charge in [-0.25, -0.2) is 0 Å². The number of piperidine rings is 1. The molecule has 0 aliphatic carbocycles. The maximum Gasteiger partial charge on any atom is 0.264 e. The Balaban J connectivity index is 1.21. The van der Waals surface area contributed by atoms with Crippen LogP contribution in [0, 0.1) is 5.92 Å². The molecule has 1 aromatic heterocycles. The smallest absolute Gasteiger partial charge is 0.264 e. The number of nitrogens with zero attached hydrogens (tertiary/aromatic N) is 3. The van der Waals surface area contributed by atoms with E-state index >= 15 is 0 Å². The Labute approximate surface area is 238 Å². The zero-order valence-electron chi connectivity index (χ0n) is 23.0. The maximum absolute atomic E-state index is 13.8. The molecule has 0 saturated carbocycles. The van der Waals surface area contributed by atoms with Crippen molar-refractivity contribution in [1.82, 2.24) is 9.80 Å². The maximum atomic E-state index is 13.8. The van der Waals surface area contributed by atoms with Gasteiger partial charge in [0.15, 0.2) is 11.5 Å². The molecule has 0 bridgehead atoms. The van der Waals surface area contributed by atoms with Crippen molar-refractivity contribution >= 4 is 34.7 Å². The zero-order chi connectivity index (χ0) is 28.0. The van der Waals surface area contributed by atoms with Crippen molar-refractivity contribution in [3.05, 3.63) is 75.0 Å². The summed E-state index contributed by atoms with van der Waals surface area (Å²) >= 11 is 1.54. The minimum Gasteiger partial charge on any atom is -0.493 e. The topological polar surface area (TPSA) is 79.4 Å². The Morgan fingerprint density at radius 3 is 2.50 bits per heavy atom. The van der Waals surface area contributed by atoms with Gasteiger partial charge in [0.2, 0.25) is 5.91 Å². The minimum absolute atomic E-state index is 0.132. The van der Waals surface area contributed by atoms with E-state index in [1.807, 2.05) is 53.6 Å². The summed E-state index contributed by atoms with van der Waals surface area (Å²) in [5, 5.41) is 1.95. The van der Waals surface area contributed by atoms with Crippen molar-refractivity contribution < 1.29 is 23.9 Å². The van der Waals surface area contributed by atoms with Gasteiger partial charge in [0.05, 0.1) is 43.0 Å². The lowest BCUT2D eigenvalue weighted by atomic mass is 9.92. The van der Waals surface area contributed by atoms with Gasteiger partial charge >= 0.3 is 0 Å². The molecule has 1 saturated heterocycles. The van der Waals surface area contributed by atoms with Crippen LogP contribution in [0.1, 0.15) is 62.5 Å². The summed E-state index contributed by atoms with van der Waals surface area (Å²) in [6.45, 7) is 4.34. The molecule has 2 atom stereocenters. The minimum atomic E-state index is -0.337. The highest BCUT2D eigenvalue weighted by molar-refractivity contribution is 7.10. The summed E-state index contributed by atoms with van der Waals surface area (Å²) in [4.78, 5) is 47.2. The van der Waals surface area contributed by atoms with Gasteiger partial charge in [-0.2, -0.15) is 0 Å². The lowest BCUT2D eigenvalue weighted by molar-refractivity contribution is -0.136. The number of hydrogen-bond donors (Lipinski definition) is 0. The largest absolute Gasteiger partial charge is 0.493 e. The highest BCUT2D eigenvalue weighted by Gasteiger charge is 2.42. The second-order valence-electron chi connectivity index (χ2n) is 10.6. The molecule has 3 aromatic rings. The van der Waals surface area contributed by atoms with Crippen molar-refractivity contribution in [3.63, 3.8) is 0 Å². The Kier molecular flexibility index (Phi) is 7.00. The van der Waals surface area contributed by atoms with E-state index in [-0.39, 0.29) is 29.7 Å². The van der Waals surface area contributed by atoms with Gasteiger partial charge in [0, 0.05) is 31.1 Å². The molecule has 0 N–H and O–H groups in total. The number of methoxy groups -OCH3 is 2. The molecular formula is C31H33N3O5S. The van der Waals surface area contributed by atoms with Gasteiger partial charge in [0.1, 0.15) is 0 Å². The number of hydrogen-bond acceptors (Lipinski definition) is 7. The fraction of sp³-hybridized carbons (Fsp3) is 0.387. The van der Waals surface area contributed by atoms with Gasteiger partial charge in [-0.05, 0) is 73.0 Å². The Morgan fingerprint density at radius 1 is 1.00 bits per heavy atom.